The molecule has 0 radical (unpaired) electrons. The van der Waals surface area contributed by atoms with Gasteiger partial charge >= 0.3 is 0 Å². The van der Waals surface area contributed by atoms with Crippen molar-refractivity contribution in [3.63, 3.8) is 0 Å². The highest BCUT2D eigenvalue weighted by molar-refractivity contribution is 5.94. The largest absolute Gasteiger partial charge is 0.380 e. The van der Waals surface area contributed by atoms with Crippen LogP contribution < -0.4 is 0 Å². The fraction of sp³-hybridized carbons (Fsp3) is 0.571. The van der Waals surface area contributed by atoms with Crippen LogP contribution in [0.25, 0.3) is 0 Å². The molecule has 7 nitrogen and oxygen atoms in total. The second-order valence-electron chi connectivity index (χ2n) is 7.90. The lowest BCUT2D eigenvalue weighted by molar-refractivity contribution is 0.0758. The number of ether oxygens (including phenoxy) is 1. The molecule has 150 valence electrons. The molecule has 1 aromatic heterocycles. The van der Waals surface area contributed by atoms with E-state index >= 15 is 0 Å². The molecule has 1 unspecified atom stereocenters. The standard InChI is InChI=1S/C21H29N5O2/c1-24-10-3-4-18(14-24)20-23-22-19-9-11-25(12-13-26(19)20)21(27)17-7-5-16(6-8-17)15-28-2/h5-8,18H,3-4,9-15H2,1-2H3. The van der Waals surface area contributed by atoms with Crippen LogP contribution in [0, 0.1) is 0 Å². The maximum absolute atomic E-state index is 13.0. The summed E-state index contributed by atoms with van der Waals surface area (Å²) >= 11 is 0. The third-order valence-electron chi connectivity index (χ3n) is 5.84. The summed E-state index contributed by atoms with van der Waals surface area (Å²) in [5, 5.41) is 8.98. The molecule has 4 rings (SSSR count). The third-order valence-corrected chi connectivity index (χ3v) is 5.84. The van der Waals surface area contributed by atoms with Gasteiger partial charge in [0.15, 0.2) is 0 Å². The van der Waals surface area contributed by atoms with Gasteiger partial charge in [-0.3, -0.25) is 4.79 Å². The molecular weight excluding hydrogens is 354 g/mol. The summed E-state index contributed by atoms with van der Waals surface area (Å²) in [7, 11) is 3.85. The van der Waals surface area contributed by atoms with E-state index in [9.17, 15) is 4.79 Å². The molecule has 0 N–H and O–H groups in total. The van der Waals surface area contributed by atoms with Crippen LogP contribution in [0.15, 0.2) is 24.3 Å². The number of hydrogen-bond donors (Lipinski definition) is 0. The van der Waals surface area contributed by atoms with E-state index in [1.54, 1.807) is 7.11 Å². The van der Waals surface area contributed by atoms with Crippen LogP contribution in [-0.4, -0.2) is 70.8 Å². The van der Waals surface area contributed by atoms with Crippen LogP contribution in [0.4, 0.5) is 0 Å². The first-order chi connectivity index (χ1) is 13.7. The average molecular weight is 383 g/mol. The zero-order chi connectivity index (χ0) is 19.5. The van der Waals surface area contributed by atoms with Crippen molar-refractivity contribution in [1.29, 1.82) is 0 Å². The summed E-state index contributed by atoms with van der Waals surface area (Å²) < 4.78 is 7.40. The van der Waals surface area contributed by atoms with Gasteiger partial charge in [0.2, 0.25) is 0 Å². The number of carbonyl (C=O) groups excluding carboxylic acids is 1. The molecule has 0 saturated carbocycles. The van der Waals surface area contributed by atoms with E-state index < -0.39 is 0 Å². The Morgan fingerprint density at radius 2 is 1.96 bits per heavy atom. The summed E-state index contributed by atoms with van der Waals surface area (Å²) in [6.45, 7) is 4.90. The summed E-state index contributed by atoms with van der Waals surface area (Å²) in [6.07, 6.45) is 3.12. The maximum atomic E-state index is 13.0. The van der Waals surface area contributed by atoms with Crippen molar-refractivity contribution in [2.75, 3.05) is 40.3 Å². The first-order valence-corrected chi connectivity index (χ1v) is 10.1. The minimum absolute atomic E-state index is 0.0848. The zero-order valence-electron chi connectivity index (χ0n) is 16.8. The minimum Gasteiger partial charge on any atom is -0.380 e. The highest BCUT2D eigenvalue weighted by Crippen LogP contribution is 2.26. The average Bonchev–Trinajstić information content (AvgIpc) is 3.00. The fourth-order valence-electron chi connectivity index (χ4n) is 4.32. The Bertz CT molecular complexity index is 817. The number of rotatable bonds is 4. The number of aromatic nitrogens is 3. The Balaban J connectivity index is 1.45. The Morgan fingerprint density at radius 3 is 2.71 bits per heavy atom. The first-order valence-electron chi connectivity index (χ1n) is 10.1. The lowest BCUT2D eigenvalue weighted by Gasteiger charge is -2.29. The quantitative estimate of drug-likeness (QED) is 0.807. The van der Waals surface area contributed by atoms with Crippen molar-refractivity contribution in [3.8, 4) is 0 Å². The van der Waals surface area contributed by atoms with E-state index in [1.165, 1.54) is 12.8 Å². The Labute approximate surface area is 166 Å². The predicted octanol–water partition coefficient (Wildman–Crippen LogP) is 1.93. The number of fused-ring (bicyclic) bond motifs is 1. The van der Waals surface area contributed by atoms with E-state index in [4.69, 9.17) is 4.74 Å². The van der Waals surface area contributed by atoms with Crippen molar-refractivity contribution >= 4 is 5.91 Å². The maximum Gasteiger partial charge on any atom is 0.253 e. The number of benzene rings is 1. The normalized spacial score (nSPS) is 20.6. The number of amides is 1. The van der Waals surface area contributed by atoms with Gasteiger partial charge in [0.1, 0.15) is 11.6 Å². The van der Waals surface area contributed by atoms with Gasteiger partial charge in [0, 0.05) is 51.2 Å². The number of hydrogen-bond acceptors (Lipinski definition) is 5. The van der Waals surface area contributed by atoms with E-state index in [0.29, 0.717) is 25.6 Å². The Morgan fingerprint density at radius 1 is 1.14 bits per heavy atom. The molecule has 1 fully saturated rings. The molecule has 3 heterocycles. The monoisotopic (exact) mass is 383 g/mol. The number of likely N-dealkylation sites (N-methyl/N-ethyl adjacent to an activating group) is 1. The lowest BCUT2D eigenvalue weighted by atomic mass is 9.97. The first kappa shape index (κ1) is 19.1. The summed E-state index contributed by atoms with van der Waals surface area (Å²) in [4.78, 5) is 17.3. The molecule has 2 aliphatic rings. The van der Waals surface area contributed by atoms with Crippen LogP contribution >= 0.6 is 0 Å². The number of nitrogens with zero attached hydrogens (tertiary/aromatic N) is 5. The summed E-state index contributed by atoms with van der Waals surface area (Å²) in [5.74, 6) is 2.63. The Hall–Kier alpha value is -2.25. The van der Waals surface area contributed by atoms with Crippen molar-refractivity contribution in [3.05, 3.63) is 47.0 Å². The molecule has 1 amide bonds. The van der Waals surface area contributed by atoms with Gasteiger partial charge in [-0.05, 0) is 44.1 Å². The highest BCUT2D eigenvalue weighted by Gasteiger charge is 2.28. The van der Waals surface area contributed by atoms with Crippen LogP contribution in [0.3, 0.4) is 0 Å². The van der Waals surface area contributed by atoms with Gasteiger partial charge in [-0.1, -0.05) is 12.1 Å². The van der Waals surface area contributed by atoms with Gasteiger partial charge in [0.25, 0.3) is 5.91 Å². The summed E-state index contributed by atoms with van der Waals surface area (Å²) in [6, 6.07) is 7.71. The fourth-order valence-corrected chi connectivity index (χ4v) is 4.32. The van der Waals surface area contributed by atoms with E-state index in [-0.39, 0.29) is 5.91 Å². The summed E-state index contributed by atoms with van der Waals surface area (Å²) in [5.41, 5.74) is 1.80. The molecule has 0 spiro atoms. The zero-order valence-corrected chi connectivity index (χ0v) is 16.8. The lowest BCUT2D eigenvalue weighted by Crippen LogP contribution is -2.34. The van der Waals surface area contributed by atoms with E-state index in [2.05, 4.69) is 26.7 Å². The van der Waals surface area contributed by atoms with Gasteiger partial charge < -0.3 is 19.1 Å². The minimum atomic E-state index is 0.0848. The topological polar surface area (TPSA) is 63.5 Å². The van der Waals surface area contributed by atoms with Gasteiger partial charge in [0.05, 0.1) is 6.61 Å². The van der Waals surface area contributed by atoms with Gasteiger partial charge in [-0.2, -0.15) is 0 Å². The van der Waals surface area contributed by atoms with Crippen molar-refractivity contribution in [2.45, 2.75) is 38.3 Å². The molecule has 2 aromatic rings. The Kier molecular flexibility index (Phi) is 5.73. The molecule has 1 atom stereocenters. The van der Waals surface area contributed by atoms with Crippen LogP contribution in [0.1, 0.15) is 46.3 Å². The molecule has 28 heavy (non-hydrogen) atoms. The number of piperidine rings is 1. The number of carbonyl (C=O) groups is 1. The third kappa shape index (κ3) is 3.95. The van der Waals surface area contributed by atoms with E-state index in [1.807, 2.05) is 29.2 Å². The molecule has 1 aromatic carbocycles. The van der Waals surface area contributed by atoms with Gasteiger partial charge in [-0.25, -0.2) is 0 Å². The number of likely N-dealkylation sites (tertiary alicyclic amines) is 1. The SMILES string of the molecule is COCc1ccc(C(=O)N2CCc3nnc(C4CCCN(C)C4)n3CC2)cc1. The number of methoxy groups -OCH3 is 1. The van der Waals surface area contributed by atoms with Crippen LogP contribution in [-0.2, 0) is 24.3 Å². The molecule has 1 saturated heterocycles. The molecule has 0 aliphatic carbocycles. The van der Waals surface area contributed by atoms with E-state index in [0.717, 1.165) is 48.8 Å². The molecule has 0 bridgehead atoms. The molecular formula is C21H29N5O2. The van der Waals surface area contributed by atoms with Crippen LogP contribution in [0.2, 0.25) is 0 Å². The van der Waals surface area contributed by atoms with Crippen molar-refractivity contribution in [2.24, 2.45) is 0 Å². The van der Waals surface area contributed by atoms with Gasteiger partial charge in [-0.15, -0.1) is 10.2 Å². The predicted molar refractivity (Wildman–Crippen MR) is 106 cm³/mol. The van der Waals surface area contributed by atoms with Crippen molar-refractivity contribution < 1.29 is 9.53 Å². The second-order valence-corrected chi connectivity index (χ2v) is 7.90. The highest BCUT2D eigenvalue weighted by atomic mass is 16.5. The molecule has 2 aliphatic heterocycles. The molecule has 7 heteroatoms. The van der Waals surface area contributed by atoms with Crippen molar-refractivity contribution in [1.82, 2.24) is 24.6 Å². The second kappa shape index (κ2) is 8.41. The van der Waals surface area contributed by atoms with Crippen LogP contribution in [0.5, 0.6) is 0 Å². The smallest absolute Gasteiger partial charge is 0.253 e.